The Bertz CT molecular complexity index is 705. The van der Waals surface area contributed by atoms with Gasteiger partial charge in [-0.05, 0) is 37.1 Å². The highest BCUT2D eigenvalue weighted by molar-refractivity contribution is 5.96. The molecule has 2 rings (SSSR count). The summed E-state index contributed by atoms with van der Waals surface area (Å²) in [6.07, 6.45) is 1.85. The SMILES string of the molecule is CCCOc1cccc(C(=O)CC(OCCCNCCOC)c2ccccc2)c1. The number of hydrogen-bond acceptors (Lipinski definition) is 5. The van der Waals surface area contributed by atoms with E-state index in [2.05, 4.69) is 12.2 Å². The van der Waals surface area contributed by atoms with Crippen molar-refractivity contribution in [3.05, 3.63) is 65.7 Å². The lowest BCUT2D eigenvalue weighted by Gasteiger charge is -2.18. The Morgan fingerprint density at radius 2 is 1.83 bits per heavy atom. The molecule has 0 aliphatic carbocycles. The molecule has 0 saturated carbocycles. The van der Waals surface area contributed by atoms with Gasteiger partial charge in [0.25, 0.3) is 0 Å². The van der Waals surface area contributed by atoms with Crippen LogP contribution in [0.25, 0.3) is 0 Å². The van der Waals surface area contributed by atoms with Crippen LogP contribution in [0.15, 0.2) is 54.6 Å². The van der Waals surface area contributed by atoms with Gasteiger partial charge in [-0.15, -0.1) is 0 Å². The summed E-state index contributed by atoms with van der Waals surface area (Å²) < 4.78 is 16.8. The van der Waals surface area contributed by atoms with E-state index in [4.69, 9.17) is 14.2 Å². The molecule has 1 unspecified atom stereocenters. The normalized spacial score (nSPS) is 11.9. The predicted molar refractivity (Wildman–Crippen MR) is 116 cm³/mol. The van der Waals surface area contributed by atoms with Gasteiger partial charge in [-0.1, -0.05) is 49.4 Å². The average Bonchev–Trinajstić information content (AvgIpc) is 2.77. The highest BCUT2D eigenvalue weighted by Crippen LogP contribution is 2.24. The van der Waals surface area contributed by atoms with E-state index >= 15 is 0 Å². The third-order valence-corrected chi connectivity index (χ3v) is 4.47. The molecule has 158 valence electrons. The maximum Gasteiger partial charge on any atom is 0.165 e. The molecule has 0 aromatic heterocycles. The van der Waals surface area contributed by atoms with Crippen LogP contribution in [0.4, 0.5) is 0 Å². The first-order chi connectivity index (χ1) is 14.2. The highest BCUT2D eigenvalue weighted by Gasteiger charge is 2.18. The molecule has 0 saturated heterocycles. The van der Waals surface area contributed by atoms with Gasteiger partial charge in [0.15, 0.2) is 5.78 Å². The van der Waals surface area contributed by atoms with Crippen molar-refractivity contribution in [3.8, 4) is 5.75 Å². The van der Waals surface area contributed by atoms with Crippen molar-refractivity contribution >= 4 is 5.78 Å². The third kappa shape index (κ3) is 8.77. The Labute approximate surface area is 174 Å². The molecule has 0 bridgehead atoms. The number of Topliss-reactive ketones (excluding diaryl/α,β-unsaturated/α-hetero) is 1. The molecule has 0 fully saturated rings. The number of methoxy groups -OCH3 is 1. The van der Waals surface area contributed by atoms with E-state index in [-0.39, 0.29) is 11.9 Å². The van der Waals surface area contributed by atoms with Crippen molar-refractivity contribution in [2.24, 2.45) is 0 Å². The van der Waals surface area contributed by atoms with E-state index in [1.165, 1.54) is 0 Å². The summed E-state index contributed by atoms with van der Waals surface area (Å²) in [7, 11) is 1.69. The molecular weight excluding hydrogens is 366 g/mol. The molecule has 2 aromatic carbocycles. The average molecular weight is 400 g/mol. The van der Waals surface area contributed by atoms with E-state index in [9.17, 15) is 4.79 Å². The van der Waals surface area contributed by atoms with Gasteiger partial charge in [-0.3, -0.25) is 4.79 Å². The van der Waals surface area contributed by atoms with Gasteiger partial charge in [0.2, 0.25) is 0 Å². The molecule has 0 aliphatic rings. The second-order valence-corrected chi connectivity index (χ2v) is 6.87. The van der Waals surface area contributed by atoms with Crippen LogP contribution in [0.2, 0.25) is 0 Å². The molecule has 0 radical (unpaired) electrons. The topological polar surface area (TPSA) is 56.8 Å². The molecule has 0 spiro atoms. The van der Waals surface area contributed by atoms with Gasteiger partial charge in [-0.2, -0.15) is 0 Å². The largest absolute Gasteiger partial charge is 0.494 e. The fraction of sp³-hybridized carbons (Fsp3) is 0.458. The maximum absolute atomic E-state index is 12.9. The van der Waals surface area contributed by atoms with Crippen LogP contribution in [0, 0.1) is 0 Å². The van der Waals surface area contributed by atoms with Crippen molar-refractivity contribution < 1.29 is 19.0 Å². The van der Waals surface area contributed by atoms with Crippen molar-refractivity contribution in [1.82, 2.24) is 5.32 Å². The molecule has 0 heterocycles. The minimum atomic E-state index is -0.261. The smallest absolute Gasteiger partial charge is 0.165 e. The summed E-state index contributed by atoms with van der Waals surface area (Å²) in [5, 5.41) is 3.30. The second-order valence-electron chi connectivity index (χ2n) is 6.87. The number of ether oxygens (including phenoxy) is 3. The third-order valence-electron chi connectivity index (χ3n) is 4.47. The number of carbonyl (C=O) groups is 1. The number of nitrogens with one attached hydrogen (secondary N) is 1. The van der Waals surface area contributed by atoms with Crippen LogP contribution in [0.1, 0.15) is 48.2 Å². The summed E-state index contributed by atoms with van der Waals surface area (Å²) in [6.45, 7) is 5.67. The van der Waals surface area contributed by atoms with Crippen molar-refractivity contribution in [2.75, 3.05) is 40.0 Å². The maximum atomic E-state index is 12.9. The van der Waals surface area contributed by atoms with Gasteiger partial charge in [0.1, 0.15) is 5.75 Å². The Morgan fingerprint density at radius 1 is 1.00 bits per heavy atom. The quantitative estimate of drug-likeness (QED) is 0.355. The Morgan fingerprint density at radius 3 is 2.59 bits per heavy atom. The second kappa shape index (κ2) is 13.9. The summed E-state index contributed by atoms with van der Waals surface area (Å²) >= 11 is 0. The minimum Gasteiger partial charge on any atom is -0.494 e. The zero-order valence-electron chi connectivity index (χ0n) is 17.6. The van der Waals surface area contributed by atoms with Gasteiger partial charge < -0.3 is 19.5 Å². The fourth-order valence-electron chi connectivity index (χ4n) is 2.93. The van der Waals surface area contributed by atoms with Gasteiger partial charge in [-0.25, -0.2) is 0 Å². The van der Waals surface area contributed by atoms with Crippen LogP contribution in [0.3, 0.4) is 0 Å². The van der Waals surface area contributed by atoms with Crippen molar-refractivity contribution in [1.29, 1.82) is 0 Å². The first-order valence-electron chi connectivity index (χ1n) is 10.4. The molecule has 1 N–H and O–H groups in total. The monoisotopic (exact) mass is 399 g/mol. The van der Waals surface area contributed by atoms with Gasteiger partial charge >= 0.3 is 0 Å². The zero-order valence-corrected chi connectivity index (χ0v) is 17.6. The van der Waals surface area contributed by atoms with E-state index in [0.29, 0.717) is 31.8 Å². The number of ketones is 1. The minimum absolute atomic E-state index is 0.0546. The van der Waals surface area contributed by atoms with E-state index in [1.807, 2.05) is 54.6 Å². The van der Waals surface area contributed by atoms with Crippen LogP contribution in [0.5, 0.6) is 5.75 Å². The van der Waals surface area contributed by atoms with Gasteiger partial charge in [0, 0.05) is 32.2 Å². The fourth-order valence-corrected chi connectivity index (χ4v) is 2.93. The van der Waals surface area contributed by atoms with E-state index < -0.39 is 0 Å². The Balaban J connectivity index is 1.94. The van der Waals surface area contributed by atoms with Crippen LogP contribution in [-0.4, -0.2) is 45.8 Å². The summed E-state index contributed by atoms with van der Waals surface area (Å²) in [6, 6.07) is 17.3. The zero-order chi connectivity index (χ0) is 20.7. The first kappa shape index (κ1) is 23.1. The van der Waals surface area contributed by atoms with Crippen molar-refractivity contribution in [2.45, 2.75) is 32.3 Å². The number of benzene rings is 2. The molecule has 5 heteroatoms. The lowest BCUT2D eigenvalue weighted by Crippen LogP contribution is -2.22. The number of hydrogen-bond donors (Lipinski definition) is 1. The van der Waals surface area contributed by atoms with Crippen LogP contribution < -0.4 is 10.1 Å². The highest BCUT2D eigenvalue weighted by atomic mass is 16.5. The molecule has 1 atom stereocenters. The molecular formula is C24H33NO4. The summed E-state index contributed by atoms with van der Waals surface area (Å²) in [5.41, 5.74) is 1.68. The lowest BCUT2D eigenvalue weighted by atomic mass is 10.00. The first-order valence-corrected chi connectivity index (χ1v) is 10.4. The van der Waals surface area contributed by atoms with Gasteiger partial charge in [0.05, 0.1) is 19.3 Å². The van der Waals surface area contributed by atoms with Crippen LogP contribution in [-0.2, 0) is 9.47 Å². The number of rotatable bonds is 15. The van der Waals surface area contributed by atoms with E-state index in [0.717, 1.165) is 37.2 Å². The molecule has 29 heavy (non-hydrogen) atoms. The standard InChI is InChI=1S/C24H33NO4/c1-3-15-28-22-12-7-11-21(18-22)23(26)19-24(20-9-5-4-6-10-20)29-16-8-13-25-14-17-27-2/h4-7,9-12,18,24-25H,3,8,13-17,19H2,1-2H3. The molecule has 0 aliphatic heterocycles. The Kier molecular flexibility index (Phi) is 11.0. The predicted octanol–water partition coefficient (Wildman–Crippen LogP) is 4.43. The van der Waals surface area contributed by atoms with Crippen molar-refractivity contribution in [3.63, 3.8) is 0 Å². The summed E-state index contributed by atoms with van der Waals surface area (Å²) in [5.74, 6) is 0.788. The molecule has 2 aromatic rings. The number of carbonyl (C=O) groups excluding carboxylic acids is 1. The molecule has 5 nitrogen and oxygen atoms in total. The van der Waals surface area contributed by atoms with Crippen LogP contribution >= 0.6 is 0 Å². The summed E-state index contributed by atoms with van der Waals surface area (Å²) in [4.78, 5) is 12.9. The lowest BCUT2D eigenvalue weighted by molar-refractivity contribution is 0.0421. The van der Waals surface area contributed by atoms with E-state index in [1.54, 1.807) is 7.11 Å². The Hall–Kier alpha value is -2.21. The molecule has 0 amide bonds.